The second-order valence-electron chi connectivity index (χ2n) is 6.55. The highest BCUT2D eigenvalue weighted by atomic mass is 32.1. The monoisotopic (exact) mass is 410 g/mol. The predicted molar refractivity (Wildman–Crippen MR) is 108 cm³/mol. The number of ketones is 1. The van der Waals surface area contributed by atoms with Crippen LogP contribution in [0.4, 0.5) is 5.13 Å². The number of carbonyl (C=O) groups is 2. The Morgan fingerprint density at radius 3 is 2.48 bits per heavy atom. The average molecular weight is 410 g/mol. The quantitative estimate of drug-likeness (QED) is 0.397. The lowest BCUT2D eigenvalue weighted by Crippen LogP contribution is -2.29. The normalized spacial score (nSPS) is 18.4. The molecule has 3 aromatic rings. The number of hydrogen-bond acceptors (Lipinski definition) is 7. The first-order chi connectivity index (χ1) is 13.9. The van der Waals surface area contributed by atoms with Crippen LogP contribution in [-0.4, -0.2) is 28.9 Å². The molecule has 1 aromatic carbocycles. The number of aliphatic hydroxyl groups excluding tert-OH is 1. The smallest absolute Gasteiger partial charge is 0.302 e. The minimum absolute atomic E-state index is 0.0411. The number of methoxy groups -OCH3 is 1. The molecule has 148 valence electrons. The van der Waals surface area contributed by atoms with Gasteiger partial charge in [-0.25, -0.2) is 4.98 Å². The van der Waals surface area contributed by atoms with Gasteiger partial charge in [-0.1, -0.05) is 0 Å². The number of nitrogens with zero attached hydrogens (tertiary/aromatic N) is 2. The number of Topliss-reactive ketones (excluding diaryl/α,β-unsaturated/α-hetero) is 1. The number of aromatic nitrogens is 1. The number of aryl methyl sites for hydroxylation is 2. The Labute approximate surface area is 170 Å². The van der Waals surface area contributed by atoms with Gasteiger partial charge in [0.05, 0.1) is 24.6 Å². The number of anilines is 1. The minimum Gasteiger partial charge on any atom is -0.507 e. The van der Waals surface area contributed by atoms with E-state index in [1.165, 1.54) is 29.6 Å². The molecule has 3 heterocycles. The van der Waals surface area contributed by atoms with Crippen molar-refractivity contribution in [2.24, 2.45) is 0 Å². The van der Waals surface area contributed by atoms with Gasteiger partial charge in [0.15, 0.2) is 5.13 Å². The van der Waals surface area contributed by atoms with Gasteiger partial charge in [0.25, 0.3) is 5.78 Å². The maximum atomic E-state index is 12.9. The van der Waals surface area contributed by atoms with Crippen molar-refractivity contribution in [2.75, 3.05) is 12.0 Å². The zero-order chi connectivity index (χ0) is 20.7. The van der Waals surface area contributed by atoms with Crippen molar-refractivity contribution in [2.45, 2.75) is 19.9 Å². The molecule has 0 unspecified atom stereocenters. The maximum Gasteiger partial charge on any atom is 0.302 e. The van der Waals surface area contributed by atoms with E-state index in [0.29, 0.717) is 22.2 Å². The molecule has 1 aliphatic rings. The second kappa shape index (κ2) is 7.21. The van der Waals surface area contributed by atoms with Crippen LogP contribution in [-0.2, 0) is 9.59 Å². The molecule has 0 radical (unpaired) electrons. The molecule has 7 nitrogen and oxygen atoms in total. The Hall–Kier alpha value is -3.39. The Morgan fingerprint density at radius 1 is 1.21 bits per heavy atom. The number of thiazole rings is 1. The largest absolute Gasteiger partial charge is 0.507 e. The molecule has 2 aromatic heterocycles. The fraction of sp³-hybridized carbons (Fsp3) is 0.190. The van der Waals surface area contributed by atoms with Crippen molar-refractivity contribution in [3.05, 3.63) is 70.1 Å². The van der Waals surface area contributed by atoms with Crippen LogP contribution in [0.25, 0.3) is 5.76 Å². The third-order valence-electron chi connectivity index (χ3n) is 4.84. The number of aliphatic hydroxyl groups is 1. The van der Waals surface area contributed by atoms with Crippen LogP contribution in [0.15, 0.2) is 52.7 Å². The van der Waals surface area contributed by atoms with Crippen molar-refractivity contribution in [1.82, 2.24) is 4.98 Å². The summed E-state index contributed by atoms with van der Waals surface area (Å²) >= 11 is 1.31. The molecule has 0 spiro atoms. The molecular formula is C21H18N2O5S. The summed E-state index contributed by atoms with van der Waals surface area (Å²) < 4.78 is 10.7. The van der Waals surface area contributed by atoms with Gasteiger partial charge in [0.1, 0.15) is 23.3 Å². The predicted octanol–water partition coefficient (Wildman–Crippen LogP) is 3.99. The highest BCUT2D eigenvalue weighted by Gasteiger charge is 2.49. The van der Waals surface area contributed by atoms with Crippen molar-refractivity contribution >= 4 is 33.9 Å². The number of hydrogen-bond donors (Lipinski definition) is 1. The number of amides is 1. The summed E-state index contributed by atoms with van der Waals surface area (Å²) in [6.07, 6.45) is 1.46. The summed E-state index contributed by atoms with van der Waals surface area (Å²) in [5.74, 6) is -0.844. The van der Waals surface area contributed by atoms with E-state index in [4.69, 9.17) is 9.15 Å². The molecule has 1 N–H and O–H groups in total. The van der Waals surface area contributed by atoms with Crippen LogP contribution < -0.4 is 9.64 Å². The lowest BCUT2D eigenvalue weighted by Gasteiger charge is -2.20. The highest BCUT2D eigenvalue weighted by Crippen LogP contribution is 2.43. The van der Waals surface area contributed by atoms with E-state index >= 15 is 0 Å². The number of rotatable bonds is 4. The van der Waals surface area contributed by atoms with Crippen molar-refractivity contribution in [3.63, 3.8) is 0 Å². The van der Waals surface area contributed by atoms with E-state index in [1.807, 2.05) is 13.8 Å². The van der Waals surface area contributed by atoms with Crippen molar-refractivity contribution in [3.8, 4) is 5.75 Å². The van der Waals surface area contributed by atoms with Crippen LogP contribution in [0.1, 0.15) is 27.9 Å². The van der Waals surface area contributed by atoms with E-state index in [-0.39, 0.29) is 11.3 Å². The SMILES string of the molecule is COc1ccc(/C(O)=C2\C(=O)C(=O)N(c3nc(C)c(C)s3)[C@H]2c2ccco2)cc1. The van der Waals surface area contributed by atoms with Gasteiger partial charge in [0, 0.05) is 10.4 Å². The first kappa shape index (κ1) is 18.9. The Bertz CT molecular complexity index is 1090. The zero-order valence-electron chi connectivity index (χ0n) is 16.0. The van der Waals surface area contributed by atoms with Gasteiger partial charge in [-0.2, -0.15) is 0 Å². The lowest BCUT2D eigenvalue weighted by molar-refractivity contribution is -0.132. The Kier molecular flexibility index (Phi) is 4.71. The maximum absolute atomic E-state index is 12.9. The van der Waals surface area contributed by atoms with Gasteiger partial charge < -0.3 is 14.3 Å². The Morgan fingerprint density at radius 2 is 1.93 bits per heavy atom. The molecule has 1 amide bonds. The second-order valence-corrected chi connectivity index (χ2v) is 7.73. The van der Waals surface area contributed by atoms with E-state index < -0.39 is 17.7 Å². The summed E-state index contributed by atoms with van der Waals surface area (Å²) in [4.78, 5) is 32.5. The van der Waals surface area contributed by atoms with Crippen LogP contribution in [0.3, 0.4) is 0 Å². The number of benzene rings is 1. The molecule has 4 rings (SSSR count). The highest BCUT2D eigenvalue weighted by molar-refractivity contribution is 7.16. The zero-order valence-corrected chi connectivity index (χ0v) is 16.8. The Balaban J connectivity index is 1.89. The van der Waals surface area contributed by atoms with E-state index in [1.54, 1.807) is 36.4 Å². The van der Waals surface area contributed by atoms with E-state index in [9.17, 15) is 14.7 Å². The minimum atomic E-state index is -0.906. The summed E-state index contributed by atoms with van der Waals surface area (Å²) in [5, 5.41) is 11.3. The number of furan rings is 1. The standard InChI is InChI=1S/C21H18N2O5S/c1-11-12(2)29-21(22-11)23-17(15-5-4-10-28-15)16(19(25)20(23)26)18(24)13-6-8-14(27-3)9-7-13/h4-10,17,24H,1-3H3/b18-16+/t17-/m0/s1. The molecule has 1 saturated heterocycles. The molecule has 0 aliphatic carbocycles. The van der Waals surface area contributed by atoms with E-state index in [0.717, 1.165) is 10.6 Å². The fourth-order valence-electron chi connectivity index (χ4n) is 3.21. The van der Waals surface area contributed by atoms with Crippen LogP contribution in [0.5, 0.6) is 5.75 Å². The third kappa shape index (κ3) is 3.11. The number of carbonyl (C=O) groups excluding carboxylic acids is 2. The topological polar surface area (TPSA) is 92.9 Å². The number of ether oxygens (including phenoxy) is 1. The van der Waals surface area contributed by atoms with Gasteiger partial charge in [-0.3, -0.25) is 14.5 Å². The van der Waals surface area contributed by atoms with Gasteiger partial charge in [0.2, 0.25) is 0 Å². The lowest BCUT2D eigenvalue weighted by atomic mass is 9.99. The molecule has 29 heavy (non-hydrogen) atoms. The van der Waals surface area contributed by atoms with Gasteiger partial charge >= 0.3 is 5.91 Å². The summed E-state index contributed by atoms with van der Waals surface area (Å²) in [6.45, 7) is 3.73. The molecule has 1 aliphatic heterocycles. The molecule has 8 heteroatoms. The van der Waals surface area contributed by atoms with Crippen LogP contribution >= 0.6 is 11.3 Å². The third-order valence-corrected chi connectivity index (χ3v) is 5.92. The molecule has 0 saturated carbocycles. The van der Waals surface area contributed by atoms with Crippen LogP contribution in [0.2, 0.25) is 0 Å². The molecule has 0 bridgehead atoms. The van der Waals surface area contributed by atoms with Crippen molar-refractivity contribution < 1.29 is 23.8 Å². The average Bonchev–Trinajstić information content (AvgIpc) is 3.42. The summed E-state index contributed by atoms with van der Waals surface area (Å²) in [7, 11) is 1.54. The molecular weight excluding hydrogens is 392 g/mol. The summed E-state index contributed by atoms with van der Waals surface area (Å²) in [5.41, 5.74) is 1.13. The van der Waals surface area contributed by atoms with E-state index in [2.05, 4.69) is 4.98 Å². The first-order valence-electron chi connectivity index (χ1n) is 8.85. The molecule has 1 atom stereocenters. The van der Waals surface area contributed by atoms with Crippen molar-refractivity contribution in [1.29, 1.82) is 0 Å². The molecule has 1 fully saturated rings. The van der Waals surface area contributed by atoms with Gasteiger partial charge in [-0.05, 0) is 50.2 Å². The fourth-order valence-corrected chi connectivity index (χ4v) is 4.15. The summed E-state index contributed by atoms with van der Waals surface area (Å²) in [6, 6.07) is 9.01. The van der Waals surface area contributed by atoms with Gasteiger partial charge in [-0.15, -0.1) is 11.3 Å². The van der Waals surface area contributed by atoms with Crippen LogP contribution in [0, 0.1) is 13.8 Å². The first-order valence-corrected chi connectivity index (χ1v) is 9.67.